The van der Waals surface area contributed by atoms with Crippen LogP contribution in [-0.4, -0.2) is 25.1 Å². The third-order valence-corrected chi connectivity index (χ3v) is 4.17. The highest BCUT2D eigenvalue weighted by Crippen LogP contribution is 2.25. The van der Waals surface area contributed by atoms with Crippen LogP contribution in [0.15, 0.2) is 59.1 Å². The van der Waals surface area contributed by atoms with E-state index in [2.05, 4.69) is 32.6 Å². The molecule has 0 radical (unpaired) electrons. The molecule has 0 N–H and O–H groups in total. The van der Waals surface area contributed by atoms with E-state index in [0.29, 0.717) is 24.0 Å². The van der Waals surface area contributed by atoms with Gasteiger partial charge in [-0.2, -0.15) is 4.98 Å². The van der Waals surface area contributed by atoms with E-state index < -0.39 is 0 Å². The molecule has 0 saturated heterocycles. The lowest BCUT2D eigenvalue weighted by Gasteiger charge is -2.02. The van der Waals surface area contributed by atoms with Crippen LogP contribution in [0.1, 0.15) is 16.8 Å². The molecule has 0 fully saturated rings. The third-order valence-electron chi connectivity index (χ3n) is 4.17. The highest BCUT2D eigenvalue weighted by atomic mass is 16.5. The highest BCUT2D eigenvalue weighted by Gasteiger charge is 2.18. The Balaban J connectivity index is 1.64. The predicted molar refractivity (Wildman–Crippen MR) is 93.8 cm³/mol. The fourth-order valence-corrected chi connectivity index (χ4v) is 2.72. The molecule has 0 spiro atoms. The van der Waals surface area contributed by atoms with E-state index in [1.165, 1.54) is 0 Å². The molecule has 4 rings (SSSR count). The maximum absolute atomic E-state index is 5.43. The van der Waals surface area contributed by atoms with E-state index in [1.807, 2.05) is 61.0 Å². The van der Waals surface area contributed by atoms with Crippen molar-refractivity contribution in [3.05, 3.63) is 71.4 Å². The summed E-state index contributed by atoms with van der Waals surface area (Å²) in [6, 6.07) is 18.0. The molecule has 6 nitrogen and oxygen atoms in total. The minimum absolute atomic E-state index is 0.454. The molecule has 0 aliphatic rings. The molecule has 2 aromatic carbocycles. The number of nitrogens with zero attached hydrogens (tertiary/aromatic N) is 5. The zero-order chi connectivity index (χ0) is 17.2. The topological polar surface area (TPSA) is 69.6 Å². The number of rotatable bonds is 4. The lowest BCUT2D eigenvalue weighted by Crippen LogP contribution is -2.03. The summed E-state index contributed by atoms with van der Waals surface area (Å²) in [5.41, 5.74) is 4.72. The largest absolute Gasteiger partial charge is 0.334 e. The van der Waals surface area contributed by atoms with Gasteiger partial charge in [0.25, 0.3) is 5.89 Å². The van der Waals surface area contributed by atoms with Crippen molar-refractivity contribution in [2.75, 3.05) is 0 Å². The zero-order valence-electron chi connectivity index (χ0n) is 14.0. The molecule has 4 aromatic rings. The molecule has 6 heteroatoms. The van der Waals surface area contributed by atoms with E-state index in [0.717, 1.165) is 22.4 Å². The summed E-state index contributed by atoms with van der Waals surface area (Å²) in [7, 11) is 0. The lowest BCUT2D eigenvalue weighted by atomic mass is 10.1. The molecular weight excluding hydrogens is 314 g/mol. The summed E-state index contributed by atoms with van der Waals surface area (Å²) >= 11 is 0. The molecule has 0 saturated carbocycles. The van der Waals surface area contributed by atoms with Crippen LogP contribution >= 0.6 is 0 Å². The molecule has 2 heterocycles. The summed E-state index contributed by atoms with van der Waals surface area (Å²) in [5, 5.41) is 12.6. The van der Waals surface area contributed by atoms with Crippen molar-refractivity contribution in [2.45, 2.75) is 20.4 Å². The number of aromatic nitrogens is 5. The van der Waals surface area contributed by atoms with Crippen molar-refractivity contribution in [2.24, 2.45) is 0 Å². The summed E-state index contributed by atoms with van der Waals surface area (Å²) in [6.45, 7) is 4.63. The number of benzene rings is 2. The molecular formula is C19H17N5O. The van der Waals surface area contributed by atoms with Gasteiger partial charge in [0, 0.05) is 5.56 Å². The maximum atomic E-state index is 5.43. The van der Waals surface area contributed by atoms with Gasteiger partial charge in [0.2, 0.25) is 5.82 Å². The summed E-state index contributed by atoms with van der Waals surface area (Å²) < 4.78 is 7.27. The van der Waals surface area contributed by atoms with E-state index in [9.17, 15) is 0 Å². The van der Waals surface area contributed by atoms with Crippen molar-refractivity contribution in [3.8, 4) is 23.0 Å². The first-order valence-corrected chi connectivity index (χ1v) is 8.06. The lowest BCUT2D eigenvalue weighted by molar-refractivity contribution is 0.432. The standard InChI is InChI=1S/C19H17N5O/c1-13-8-6-7-11-16(13)19-20-18(22-25-19)17-14(2)24(23-21-17)12-15-9-4-3-5-10-15/h3-11H,12H2,1-2H3. The van der Waals surface area contributed by atoms with Crippen molar-refractivity contribution in [1.82, 2.24) is 25.1 Å². The van der Waals surface area contributed by atoms with E-state index in [-0.39, 0.29) is 0 Å². The molecule has 0 aliphatic heterocycles. The molecule has 25 heavy (non-hydrogen) atoms. The molecule has 0 aliphatic carbocycles. The average molecular weight is 331 g/mol. The number of aryl methyl sites for hydroxylation is 1. The van der Waals surface area contributed by atoms with Crippen LogP contribution in [0.3, 0.4) is 0 Å². The van der Waals surface area contributed by atoms with Crippen molar-refractivity contribution in [1.29, 1.82) is 0 Å². The Morgan fingerprint density at radius 2 is 1.72 bits per heavy atom. The van der Waals surface area contributed by atoms with Gasteiger partial charge in [-0.15, -0.1) is 5.10 Å². The first kappa shape index (κ1) is 15.3. The maximum Gasteiger partial charge on any atom is 0.258 e. The van der Waals surface area contributed by atoms with Gasteiger partial charge in [0.1, 0.15) is 0 Å². The van der Waals surface area contributed by atoms with Crippen LogP contribution in [0.25, 0.3) is 23.0 Å². The second kappa shape index (κ2) is 6.32. The Morgan fingerprint density at radius 1 is 0.960 bits per heavy atom. The molecule has 0 bridgehead atoms. The monoisotopic (exact) mass is 331 g/mol. The van der Waals surface area contributed by atoms with Crippen molar-refractivity contribution >= 4 is 0 Å². The Hall–Kier alpha value is -3.28. The average Bonchev–Trinajstić information content (AvgIpc) is 3.24. The van der Waals surface area contributed by atoms with E-state index in [4.69, 9.17) is 4.52 Å². The minimum Gasteiger partial charge on any atom is -0.334 e. The Morgan fingerprint density at radius 3 is 2.52 bits per heavy atom. The van der Waals surface area contributed by atoms with Crippen LogP contribution in [0.2, 0.25) is 0 Å². The molecule has 2 aromatic heterocycles. The van der Waals surface area contributed by atoms with Gasteiger partial charge in [-0.3, -0.25) is 0 Å². The van der Waals surface area contributed by atoms with E-state index >= 15 is 0 Å². The van der Waals surface area contributed by atoms with Crippen molar-refractivity contribution in [3.63, 3.8) is 0 Å². The summed E-state index contributed by atoms with van der Waals surface area (Å²) in [4.78, 5) is 4.50. The smallest absolute Gasteiger partial charge is 0.258 e. The zero-order valence-corrected chi connectivity index (χ0v) is 14.0. The van der Waals surface area contributed by atoms with Crippen LogP contribution in [-0.2, 0) is 6.54 Å². The fourth-order valence-electron chi connectivity index (χ4n) is 2.72. The Kier molecular flexibility index (Phi) is 3.85. The van der Waals surface area contributed by atoms with Crippen LogP contribution in [0.5, 0.6) is 0 Å². The van der Waals surface area contributed by atoms with Gasteiger partial charge in [-0.1, -0.05) is 58.9 Å². The molecule has 0 atom stereocenters. The van der Waals surface area contributed by atoms with Crippen LogP contribution < -0.4 is 0 Å². The Labute approximate surface area is 145 Å². The first-order valence-electron chi connectivity index (χ1n) is 8.06. The van der Waals surface area contributed by atoms with Gasteiger partial charge in [0.15, 0.2) is 5.69 Å². The summed E-state index contributed by atoms with van der Waals surface area (Å²) in [5.74, 6) is 0.945. The highest BCUT2D eigenvalue weighted by molar-refractivity contribution is 5.61. The Bertz CT molecular complexity index is 1000. The van der Waals surface area contributed by atoms with Gasteiger partial charge in [0.05, 0.1) is 12.2 Å². The van der Waals surface area contributed by atoms with Gasteiger partial charge in [-0.25, -0.2) is 4.68 Å². The quantitative estimate of drug-likeness (QED) is 0.571. The van der Waals surface area contributed by atoms with E-state index in [1.54, 1.807) is 0 Å². The SMILES string of the molecule is Cc1ccccc1-c1nc(-c2nnn(Cc3ccccc3)c2C)no1. The fraction of sp³-hybridized carbons (Fsp3) is 0.158. The van der Waals surface area contributed by atoms with Crippen molar-refractivity contribution < 1.29 is 4.52 Å². The van der Waals surface area contributed by atoms with Gasteiger partial charge in [-0.05, 0) is 31.0 Å². The molecule has 0 amide bonds. The number of hydrogen-bond donors (Lipinski definition) is 0. The molecule has 0 unspecified atom stereocenters. The normalized spacial score (nSPS) is 11.0. The van der Waals surface area contributed by atoms with Crippen LogP contribution in [0, 0.1) is 13.8 Å². The second-order valence-electron chi connectivity index (χ2n) is 5.90. The second-order valence-corrected chi connectivity index (χ2v) is 5.90. The molecule has 124 valence electrons. The predicted octanol–water partition coefficient (Wildman–Crippen LogP) is 3.66. The number of hydrogen-bond acceptors (Lipinski definition) is 5. The first-order chi connectivity index (χ1) is 12.2. The van der Waals surface area contributed by atoms with Gasteiger partial charge < -0.3 is 4.52 Å². The van der Waals surface area contributed by atoms with Gasteiger partial charge >= 0.3 is 0 Å². The minimum atomic E-state index is 0.454. The summed E-state index contributed by atoms with van der Waals surface area (Å²) in [6.07, 6.45) is 0. The van der Waals surface area contributed by atoms with Crippen LogP contribution in [0.4, 0.5) is 0 Å². The third kappa shape index (κ3) is 2.94.